The van der Waals surface area contributed by atoms with Gasteiger partial charge in [0.15, 0.2) is 0 Å². The molecule has 2 unspecified atom stereocenters. The summed E-state index contributed by atoms with van der Waals surface area (Å²) in [6, 6.07) is 8.11. The van der Waals surface area contributed by atoms with Gasteiger partial charge in [0.2, 0.25) is 5.91 Å². The lowest BCUT2D eigenvalue weighted by atomic mass is 9.97. The van der Waals surface area contributed by atoms with Crippen molar-refractivity contribution in [1.29, 1.82) is 0 Å². The van der Waals surface area contributed by atoms with Crippen LogP contribution >= 0.6 is 0 Å². The van der Waals surface area contributed by atoms with Crippen molar-refractivity contribution in [3.63, 3.8) is 0 Å². The van der Waals surface area contributed by atoms with Crippen molar-refractivity contribution in [2.24, 2.45) is 11.8 Å². The Balaban J connectivity index is 1.87. The van der Waals surface area contributed by atoms with Gasteiger partial charge in [0.25, 0.3) is 0 Å². The lowest BCUT2D eigenvalue weighted by Crippen LogP contribution is -2.33. The number of ether oxygens (including phenoxy) is 1. The van der Waals surface area contributed by atoms with E-state index in [1.807, 2.05) is 18.2 Å². The van der Waals surface area contributed by atoms with E-state index in [1.54, 1.807) is 7.11 Å². The molecule has 104 valence electrons. The number of hydrogen-bond donors (Lipinski definition) is 2. The van der Waals surface area contributed by atoms with Gasteiger partial charge in [0.1, 0.15) is 0 Å². The van der Waals surface area contributed by atoms with Crippen LogP contribution in [0.5, 0.6) is 0 Å². The Morgan fingerprint density at radius 1 is 1.42 bits per heavy atom. The van der Waals surface area contributed by atoms with Crippen LogP contribution < -0.4 is 10.6 Å². The van der Waals surface area contributed by atoms with E-state index in [2.05, 4.69) is 23.6 Å². The second kappa shape index (κ2) is 6.68. The van der Waals surface area contributed by atoms with Gasteiger partial charge in [-0.3, -0.25) is 4.79 Å². The standard InChI is InChI=1S/C15H22N2O2/c1-11-7-16-9-14(11)15(18)17-8-12-4-3-5-13(6-12)10-19-2/h3-6,11,14,16H,7-10H2,1-2H3,(H,17,18). The predicted octanol–water partition coefficient (Wildman–Crippen LogP) is 1.30. The Morgan fingerprint density at radius 3 is 2.89 bits per heavy atom. The summed E-state index contributed by atoms with van der Waals surface area (Å²) >= 11 is 0. The number of methoxy groups -OCH3 is 1. The summed E-state index contributed by atoms with van der Waals surface area (Å²) in [4.78, 5) is 12.1. The number of benzene rings is 1. The Hall–Kier alpha value is -1.39. The molecule has 2 rings (SSSR count). The van der Waals surface area contributed by atoms with E-state index in [-0.39, 0.29) is 11.8 Å². The Morgan fingerprint density at radius 2 is 2.21 bits per heavy atom. The lowest BCUT2D eigenvalue weighted by molar-refractivity contribution is -0.125. The molecule has 1 aliphatic rings. The largest absolute Gasteiger partial charge is 0.380 e. The summed E-state index contributed by atoms with van der Waals surface area (Å²) in [5.41, 5.74) is 2.24. The molecule has 1 fully saturated rings. The van der Waals surface area contributed by atoms with E-state index in [9.17, 15) is 4.79 Å². The average Bonchev–Trinajstić information content (AvgIpc) is 2.83. The van der Waals surface area contributed by atoms with Crippen LogP contribution in [0.3, 0.4) is 0 Å². The fourth-order valence-electron chi connectivity index (χ4n) is 2.48. The minimum Gasteiger partial charge on any atom is -0.380 e. The van der Waals surface area contributed by atoms with Crippen molar-refractivity contribution in [3.05, 3.63) is 35.4 Å². The van der Waals surface area contributed by atoms with Gasteiger partial charge in [0.05, 0.1) is 12.5 Å². The van der Waals surface area contributed by atoms with Crippen LogP contribution in [0.25, 0.3) is 0 Å². The molecule has 0 bridgehead atoms. The summed E-state index contributed by atoms with van der Waals surface area (Å²) in [7, 11) is 1.68. The Bertz CT molecular complexity index is 434. The summed E-state index contributed by atoms with van der Waals surface area (Å²) in [6.45, 7) is 5.02. The van der Waals surface area contributed by atoms with Gasteiger partial charge < -0.3 is 15.4 Å². The highest BCUT2D eigenvalue weighted by atomic mass is 16.5. The van der Waals surface area contributed by atoms with Gasteiger partial charge in [-0.15, -0.1) is 0 Å². The van der Waals surface area contributed by atoms with Crippen molar-refractivity contribution in [2.45, 2.75) is 20.1 Å². The van der Waals surface area contributed by atoms with E-state index >= 15 is 0 Å². The number of amides is 1. The third-order valence-corrected chi connectivity index (χ3v) is 3.62. The maximum absolute atomic E-state index is 12.1. The minimum absolute atomic E-state index is 0.0992. The third-order valence-electron chi connectivity index (χ3n) is 3.62. The zero-order valence-corrected chi connectivity index (χ0v) is 11.6. The highest BCUT2D eigenvalue weighted by Crippen LogP contribution is 2.16. The number of nitrogens with one attached hydrogen (secondary N) is 2. The summed E-state index contributed by atoms with van der Waals surface area (Å²) in [5, 5.41) is 6.27. The second-order valence-electron chi connectivity index (χ2n) is 5.21. The van der Waals surface area contributed by atoms with Gasteiger partial charge in [-0.05, 0) is 23.6 Å². The second-order valence-corrected chi connectivity index (χ2v) is 5.21. The quantitative estimate of drug-likeness (QED) is 0.841. The molecule has 1 saturated heterocycles. The van der Waals surface area contributed by atoms with Crippen LogP contribution in [0.4, 0.5) is 0 Å². The average molecular weight is 262 g/mol. The molecule has 1 heterocycles. The summed E-state index contributed by atoms with van der Waals surface area (Å²) in [6.07, 6.45) is 0. The van der Waals surface area contributed by atoms with Crippen molar-refractivity contribution in [2.75, 3.05) is 20.2 Å². The number of carbonyl (C=O) groups is 1. The van der Waals surface area contributed by atoms with Gasteiger partial charge >= 0.3 is 0 Å². The molecule has 2 atom stereocenters. The van der Waals surface area contributed by atoms with Gasteiger partial charge in [0, 0.05) is 20.2 Å². The molecule has 0 aliphatic carbocycles. The smallest absolute Gasteiger partial charge is 0.224 e. The molecule has 0 spiro atoms. The van der Waals surface area contributed by atoms with Crippen molar-refractivity contribution < 1.29 is 9.53 Å². The van der Waals surface area contributed by atoms with E-state index in [0.717, 1.165) is 24.2 Å². The normalized spacial score (nSPS) is 22.4. The van der Waals surface area contributed by atoms with Crippen LogP contribution in [0.15, 0.2) is 24.3 Å². The lowest BCUT2D eigenvalue weighted by Gasteiger charge is -2.14. The van der Waals surface area contributed by atoms with Gasteiger partial charge in [-0.2, -0.15) is 0 Å². The molecule has 0 aromatic heterocycles. The molecule has 4 nitrogen and oxygen atoms in total. The molecule has 4 heteroatoms. The number of rotatable bonds is 5. The van der Waals surface area contributed by atoms with Crippen LogP contribution in [-0.2, 0) is 22.7 Å². The van der Waals surface area contributed by atoms with Crippen molar-refractivity contribution >= 4 is 5.91 Å². The molecule has 2 N–H and O–H groups in total. The van der Waals surface area contributed by atoms with Crippen LogP contribution in [0, 0.1) is 11.8 Å². The first-order valence-corrected chi connectivity index (χ1v) is 6.76. The molecular weight excluding hydrogens is 240 g/mol. The number of hydrogen-bond acceptors (Lipinski definition) is 3. The van der Waals surface area contributed by atoms with Crippen LogP contribution in [0.2, 0.25) is 0 Å². The van der Waals surface area contributed by atoms with E-state index in [1.165, 1.54) is 0 Å². The monoisotopic (exact) mass is 262 g/mol. The van der Waals surface area contributed by atoms with Crippen molar-refractivity contribution in [1.82, 2.24) is 10.6 Å². The maximum Gasteiger partial charge on any atom is 0.224 e. The highest BCUT2D eigenvalue weighted by molar-refractivity contribution is 5.79. The molecule has 19 heavy (non-hydrogen) atoms. The molecule has 1 aromatic rings. The summed E-state index contributed by atoms with van der Waals surface area (Å²) in [5.74, 6) is 0.664. The first-order valence-electron chi connectivity index (χ1n) is 6.76. The summed E-state index contributed by atoms with van der Waals surface area (Å²) < 4.78 is 5.11. The first-order chi connectivity index (χ1) is 9.20. The fourth-order valence-corrected chi connectivity index (χ4v) is 2.48. The molecule has 1 aromatic carbocycles. The molecular formula is C15H22N2O2. The van der Waals surface area contributed by atoms with E-state index in [4.69, 9.17) is 4.74 Å². The topological polar surface area (TPSA) is 50.4 Å². The maximum atomic E-state index is 12.1. The van der Waals surface area contributed by atoms with E-state index in [0.29, 0.717) is 19.1 Å². The van der Waals surface area contributed by atoms with Gasteiger partial charge in [-0.1, -0.05) is 31.2 Å². The SMILES string of the molecule is COCc1cccc(CNC(=O)C2CNCC2C)c1. The van der Waals surface area contributed by atoms with E-state index < -0.39 is 0 Å². The molecule has 0 saturated carbocycles. The van der Waals surface area contributed by atoms with Crippen LogP contribution in [0.1, 0.15) is 18.1 Å². The fraction of sp³-hybridized carbons (Fsp3) is 0.533. The minimum atomic E-state index is 0.0992. The van der Waals surface area contributed by atoms with Gasteiger partial charge in [-0.25, -0.2) is 0 Å². The third kappa shape index (κ3) is 3.78. The molecule has 0 radical (unpaired) electrons. The Kier molecular flexibility index (Phi) is 4.93. The van der Waals surface area contributed by atoms with Crippen molar-refractivity contribution in [3.8, 4) is 0 Å². The predicted molar refractivity (Wildman–Crippen MR) is 74.5 cm³/mol. The zero-order valence-electron chi connectivity index (χ0n) is 11.6. The zero-order chi connectivity index (χ0) is 13.7. The highest BCUT2D eigenvalue weighted by Gasteiger charge is 2.29. The first kappa shape index (κ1) is 14.0. The Labute approximate surface area is 114 Å². The van der Waals surface area contributed by atoms with Crippen LogP contribution in [-0.4, -0.2) is 26.1 Å². The number of carbonyl (C=O) groups excluding carboxylic acids is 1. The molecule has 1 amide bonds. The molecule has 1 aliphatic heterocycles.